The molecule has 0 spiro atoms. The first-order valence-corrected chi connectivity index (χ1v) is 11.4. The van der Waals surface area contributed by atoms with Gasteiger partial charge in [-0.05, 0) is 51.0 Å². The summed E-state index contributed by atoms with van der Waals surface area (Å²) in [6, 6.07) is 7.43. The van der Waals surface area contributed by atoms with Gasteiger partial charge in [-0.1, -0.05) is 34.9 Å². The van der Waals surface area contributed by atoms with Crippen LogP contribution in [0.5, 0.6) is 0 Å². The van der Waals surface area contributed by atoms with Gasteiger partial charge in [0.2, 0.25) is 0 Å². The first kappa shape index (κ1) is 24.1. The number of nitrogens with one attached hydrogen (secondary N) is 1. The molecule has 0 heterocycles. The highest BCUT2D eigenvalue weighted by Crippen LogP contribution is 2.57. The Hall–Kier alpha value is -0.950. The second kappa shape index (κ2) is 11.1. The van der Waals surface area contributed by atoms with Crippen molar-refractivity contribution in [2.24, 2.45) is 0 Å². The van der Waals surface area contributed by atoms with Gasteiger partial charge in [-0.3, -0.25) is 4.52 Å². The first-order valence-electron chi connectivity index (χ1n) is 8.02. The highest BCUT2D eigenvalue weighted by Gasteiger charge is 2.31. The minimum Gasteiger partial charge on any atom is -0.381 e. The molecule has 8 nitrogen and oxygen atoms in total. The van der Waals surface area contributed by atoms with Gasteiger partial charge < -0.3 is 20.0 Å². The van der Waals surface area contributed by atoms with E-state index in [9.17, 15) is 9.13 Å². The van der Waals surface area contributed by atoms with Gasteiger partial charge in [-0.25, -0.2) is 9.13 Å². The molecule has 0 saturated carbocycles. The van der Waals surface area contributed by atoms with Crippen molar-refractivity contribution in [3.8, 4) is 0 Å². The molecule has 1 aromatic carbocycles. The van der Waals surface area contributed by atoms with Crippen molar-refractivity contribution in [2.45, 2.75) is 26.7 Å². The number of rotatable bonds is 11. The molecule has 1 atom stereocenters. The van der Waals surface area contributed by atoms with Gasteiger partial charge in [-0.15, -0.1) is 0 Å². The monoisotopic (exact) mass is 439 g/mol. The van der Waals surface area contributed by atoms with Crippen LogP contribution < -0.4 is 5.32 Å². The van der Waals surface area contributed by atoms with Crippen LogP contribution in [0.4, 0.5) is 5.69 Å². The van der Waals surface area contributed by atoms with E-state index in [4.69, 9.17) is 26.3 Å². The van der Waals surface area contributed by atoms with Gasteiger partial charge in [0.1, 0.15) is 0 Å². The zero-order valence-corrected chi connectivity index (χ0v) is 17.6. The van der Waals surface area contributed by atoms with Gasteiger partial charge in [0.25, 0.3) is 0 Å². The maximum atomic E-state index is 11.3. The van der Waals surface area contributed by atoms with E-state index >= 15 is 0 Å². The van der Waals surface area contributed by atoms with Crippen molar-refractivity contribution in [1.29, 1.82) is 0 Å². The molecule has 0 bridgehead atoms. The summed E-state index contributed by atoms with van der Waals surface area (Å²) in [7, 11) is -9.88. The van der Waals surface area contributed by atoms with Crippen LogP contribution in [0.15, 0.2) is 47.6 Å². The molecule has 1 aromatic rings. The second-order valence-electron chi connectivity index (χ2n) is 5.84. The summed E-state index contributed by atoms with van der Waals surface area (Å²) in [5.74, 6) is 0. The minimum atomic E-state index is -5.09. The second-order valence-corrected chi connectivity index (χ2v) is 9.10. The van der Waals surface area contributed by atoms with Crippen molar-refractivity contribution in [1.82, 2.24) is 0 Å². The molecule has 152 valence electrons. The fourth-order valence-electron chi connectivity index (χ4n) is 1.96. The van der Waals surface area contributed by atoms with Crippen LogP contribution in [0.25, 0.3) is 0 Å². The third-order valence-corrected chi connectivity index (χ3v) is 5.73. The summed E-state index contributed by atoms with van der Waals surface area (Å²) < 4.78 is 30.0. The van der Waals surface area contributed by atoms with E-state index in [1.807, 2.05) is 38.1 Å². The summed E-state index contributed by atoms with van der Waals surface area (Å²) in [5, 5.41) is 3.97. The van der Waals surface area contributed by atoms with E-state index in [1.165, 1.54) is 0 Å². The number of anilines is 1. The molecule has 0 aliphatic carbocycles. The van der Waals surface area contributed by atoms with Gasteiger partial charge in [0.05, 0.1) is 6.61 Å². The van der Waals surface area contributed by atoms with Crippen molar-refractivity contribution in [3.05, 3.63) is 52.6 Å². The van der Waals surface area contributed by atoms with Gasteiger partial charge in [-0.2, -0.15) is 4.31 Å². The molecule has 0 aliphatic heterocycles. The predicted octanol–water partition coefficient (Wildman–Crippen LogP) is 4.65. The maximum absolute atomic E-state index is 11.3. The number of hydrogen-bond donors (Lipinski definition) is 4. The summed E-state index contributed by atoms with van der Waals surface area (Å²) in [6.07, 6.45) is 5.11. The van der Waals surface area contributed by atoms with Crippen molar-refractivity contribution >= 4 is 32.9 Å². The number of phosphoric acid groups is 2. The Morgan fingerprint density at radius 2 is 1.74 bits per heavy atom. The lowest BCUT2D eigenvalue weighted by molar-refractivity contribution is 0.191. The predicted molar refractivity (Wildman–Crippen MR) is 106 cm³/mol. The largest absolute Gasteiger partial charge is 0.481 e. The van der Waals surface area contributed by atoms with Crippen LogP contribution in [-0.4, -0.2) is 27.8 Å². The minimum absolute atomic E-state index is 0.291. The zero-order chi connectivity index (χ0) is 20.5. The Balaban J connectivity index is 2.33. The van der Waals surface area contributed by atoms with Crippen LogP contribution in [0.2, 0.25) is 5.02 Å². The van der Waals surface area contributed by atoms with Crippen LogP contribution >= 0.6 is 27.2 Å². The number of hydrogen-bond acceptors (Lipinski definition) is 5. The lowest BCUT2D eigenvalue weighted by Gasteiger charge is -2.11. The van der Waals surface area contributed by atoms with E-state index in [0.29, 0.717) is 18.0 Å². The zero-order valence-electron chi connectivity index (χ0n) is 15.0. The fourth-order valence-corrected chi connectivity index (χ4v) is 3.61. The molecule has 27 heavy (non-hydrogen) atoms. The van der Waals surface area contributed by atoms with E-state index in [-0.39, 0.29) is 6.61 Å². The first-order chi connectivity index (χ1) is 12.5. The van der Waals surface area contributed by atoms with Crippen molar-refractivity contribution in [2.75, 3.05) is 18.5 Å². The molecule has 11 heteroatoms. The third-order valence-electron chi connectivity index (χ3n) is 3.33. The maximum Gasteiger partial charge on any atom is 0.481 e. The standard InChI is InChI=1S/C16H24ClNO7P2/c1-13(10-11-24-27(22,23)25-26(19,20)21)4-3-5-14(2)12-18-16-8-6-15(17)7-9-16/h5-10,18H,3-4,11-12H2,1-2H3,(H,22,23)(H2,19,20,21)/b13-10+,14-5+. The Bertz CT molecular complexity index is 759. The lowest BCUT2D eigenvalue weighted by atomic mass is 10.1. The van der Waals surface area contributed by atoms with Gasteiger partial charge >= 0.3 is 15.6 Å². The Morgan fingerprint density at radius 1 is 1.11 bits per heavy atom. The van der Waals surface area contributed by atoms with Crippen molar-refractivity contribution < 1.29 is 32.6 Å². The molecule has 0 amide bonds. The van der Waals surface area contributed by atoms with E-state index in [1.54, 1.807) is 6.08 Å². The topological polar surface area (TPSA) is 125 Å². The van der Waals surface area contributed by atoms with Gasteiger partial charge in [0, 0.05) is 17.3 Å². The number of benzene rings is 1. The van der Waals surface area contributed by atoms with Crippen LogP contribution in [0.1, 0.15) is 26.7 Å². The van der Waals surface area contributed by atoms with Crippen LogP contribution in [0, 0.1) is 0 Å². The smallest absolute Gasteiger partial charge is 0.381 e. The number of phosphoric ester groups is 1. The quantitative estimate of drug-likeness (QED) is 0.290. The summed E-state index contributed by atoms with van der Waals surface area (Å²) in [4.78, 5) is 26.2. The fraction of sp³-hybridized carbons (Fsp3) is 0.375. The SMILES string of the molecule is C/C(=C\COP(=O)(O)OP(=O)(O)O)CC/C=C(\C)CNc1ccc(Cl)cc1. The molecule has 0 aromatic heterocycles. The molecule has 1 unspecified atom stereocenters. The number of halogens is 1. The average Bonchev–Trinajstić information content (AvgIpc) is 2.52. The van der Waals surface area contributed by atoms with Crippen LogP contribution in [0.3, 0.4) is 0 Å². The van der Waals surface area contributed by atoms with E-state index in [2.05, 4.69) is 20.2 Å². The molecule has 0 fully saturated rings. The summed E-state index contributed by atoms with van der Waals surface area (Å²) >= 11 is 5.84. The number of allylic oxidation sites excluding steroid dienone is 2. The highest BCUT2D eigenvalue weighted by molar-refractivity contribution is 7.60. The van der Waals surface area contributed by atoms with Crippen molar-refractivity contribution in [3.63, 3.8) is 0 Å². The summed E-state index contributed by atoms with van der Waals surface area (Å²) in [5.41, 5.74) is 3.04. The van der Waals surface area contributed by atoms with E-state index in [0.717, 1.165) is 23.3 Å². The van der Waals surface area contributed by atoms with Crippen LogP contribution in [-0.2, 0) is 18.0 Å². The third kappa shape index (κ3) is 12.2. The molecule has 0 aliphatic rings. The van der Waals surface area contributed by atoms with Gasteiger partial charge in [0.15, 0.2) is 0 Å². The molecule has 4 N–H and O–H groups in total. The normalized spacial score (nSPS) is 15.5. The molecular formula is C16H24ClNO7P2. The summed E-state index contributed by atoms with van der Waals surface area (Å²) in [6.45, 7) is 4.23. The molecule has 0 radical (unpaired) electrons. The highest BCUT2D eigenvalue weighted by atomic mass is 35.5. The Morgan fingerprint density at radius 3 is 2.33 bits per heavy atom. The molecule has 0 saturated heterocycles. The molecule has 1 rings (SSSR count). The Kier molecular flexibility index (Phi) is 9.95. The molecular weight excluding hydrogens is 416 g/mol. The van der Waals surface area contributed by atoms with E-state index < -0.39 is 15.6 Å². The lowest BCUT2D eigenvalue weighted by Crippen LogP contribution is -2.02. The average molecular weight is 440 g/mol. The Labute approximate surface area is 163 Å².